The summed E-state index contributed by atoms with van der Waals surface area (Å²) in [6.45, 7) is 2.20. The van der Waals surface area contributed by atoms with Gasteiger partial charge in [0.25, 0.3) is 5.69 Å². The molecule has 2 aliphatic heterocycles. The summed E-state index contributed by atoms with van der Waals surface area (Å²) in [6, 6.07) is 24.0. The first-order valence-corrected chi connectivity index (χ1v) is 11.4. The second kappa shape index (κ2) is 7.64. The maximum atomic E-state index is 11.5. The second-order valence-electron chi connectivity index (χ2n) is 8.51. The summed E-state index contributed by atoms with van der Waals surface area (Å²) in [5.74, 6) is 0. The Balaban J connectivity index is 1.65. The Morgan fingerprint density at radius 3 is 2.53 bits per heavy atom. The maximum absolute atomic E-state index is 11.5. The highest BCUT2D eigenvalue weighted by molar-refractivity contribution is 8.03. The fraction of sp³-hybridized carbons (Fsp3) is 0.192. The molecule has 6 heteroatoms. The molecular weight excluding hydrogens is 418 g/mol. The number of nitro groups is 1. The van der Waals surface area contributed by atoms with Crippen molar-refractivity contribution in [2.24, 2.45) is 0 Å². The molecule has 5 rings (SSSR count). The van der Waals surface area contributed by atoms with Gasteiger partial charge in [-0.1, -0.05) is 54.2 Å². The number of nitro benzene ring substituents is 1. The van der Waals surface area contributed by atoms with Crippen LogP contribution in [0.4, 0.5) is 17.1 Å². The molecule has 1 unspecified atom stereocenters. The van der Waals surface area contributed by atoms with Crippen molar-refractivity contribution in [1.29, 1.82) is 0 Å². The summed E-state index contributed by atoms with van der Waals surface area (Å²) >= 11 is 1.76. The van der Waals surface area contributed by atoms with E-state index in [0.717, 1.165) is 28.4 Å². The third-order valence-electron chi connectivity index (χ3n) is 6.51. The Bertz CT molecular complexity index is 1300. The SMILES string of the molecule is CN1/C(=C/C2=[N+](C)c3ccc([N+](=O)[O-])cc3C2(C)Cc2ccccc2)Sc2ccccc21. The van der Waals surface area contributed by atoms with E-state index >= 15 is 0 Å². The average Bonchev–Trinajstić information content (AvgIpc) is 3.22. The number of rotatable bonds is 4. The van der Waals surface area contributed by atoms with Crippen molar-refractivity contribution in [3.05, 3.63) is 105 Å². The standard InChI is InChI=1S/C26H24N3O2S/c1-26(17-18-9-5-4-6-10-18)20-15-19(29(30)31)13-14-21(20)27(2)24(26)16-25-28(3)22-11-7-8-12-23(22)32-25/h4-16H,17H2,1-3H3/q+1. The molecule has 0 amide bonds. The molecule has 2 aliphatic rings. The molecule has 160 valence electrons. The molecule has 0 aliphatic carbocycles. The number of para-hydroxylation sites is 1. The zero-order valence-corrected chi connectivity index (χ0v) is 19.1. The molecule has 0 fully saturated rings. The molecular formula is C26H24N3O2S+. The van der Waals surface area contributed by atoms with Gasteiger partial charge in [-0.05, 0) is 31.0 Å². The van der Waals surface area contributed by atoms with Crippen LogP contribution >= 0.6 is 11.8 Å². The number of benzene rings is 3. The van der Waals surface area contributed by atoms with E-state index in [1.807, 2.05) is 24.3 Å². The second-order valence-corrected chi connectivity index (χ2v) is 9.57. The van der Waals surface area contributed by atoms with Gasteiger partial charge in [0.1, 0.15) is 7.05 Å². The van der Waals surface area contributed by atoms with Gasteiger partial charge in [-0.3, -0.25) is 10.1 Å². The van der Waals surface area contributed by atoms with E-state index in [4.69, 9.17) is 0 Å². The molecule has 0 aromatic heterocycles. The lowest BCUT2D eigenvalue weighted by molar-refractivity contribution is -0.402. The summed E-state index contributed by atoms with van der Waals surface area (Å²) in [5, 5.41) is 12.7. The van der Waals surface area contributed by atoms with Crippen LogP contribution in [-0.4, -0.2) is 29.3 Å². The number of hydrogen-bond donors (Lipinski definition) is 0. The largest absolute Gasteiger partial charge is 0.338 e. The van der Waals surface area contributed by atoms with Crippen LogP contribution in [0, 0.1) is 10.1 Å². The van der Waals surface area contributed by atoms with Crippen molar-refractivity contribution in [3.63, 3.8) is 0 Å². The first kappa shape index (κ1) is 20.5. The van der Waals surface area contributed by atoms with Gasteiger partial charge in [0.05, 0.1) is 21.1 Å². The molecule has 0 saturated carbocycles. The lowest BCUT2D eigenvalue weighted by Gasteiger charge is -2.23. The van der Waals surface area contributed by atoms with Gasteiger partial charge < -0.3 is 4.90 Å². The molecule has 5 nitrogen and oxygen atoms in total. The normalized spacial score (nSPS) is 20.6. The van der Waals surface area contributed by atoms with E-state index in [0.29, 0.717) is 0 Å². The number of thioether (sulfide) groups is 1. The predicted octanol–water partition coefficient (Wildman–Crippen LogP) is 5.91. The number of hydrogen-bond acceptors (Lipinski definition) is 4. The number of allylic oxidation sites excluding steroid dienone is 1. The van der Waals surface area contributed by atoms with Gasteiger partial charge in [0, 0.05) is 41.8 Å². The summed E-state index contributed by atoms with van der Waals surface area (Å²) < 4.78 is 2.19. The molecule has 3 aromatic carbocycles. The van der Waals surface area contributed by atoms with Crippen LogP contribution in [-0.2, 0) is 11.8 Å². The quantitative estimate of drug-likeness (QED) is 0.286. The summed E-state index contributed by atoms with van der Waals surface area (Å²) in [7, 11) is 4.15. The van der Waals surface area contributed by atoms with E-state index in [1.54, 1.807) is 23.9 Å². The minimum atomic E-state index is -0.402. The molecule has 2 heterocycles. The fourth-order valence-electron chi connectivity index (χ4n) is 4.82. The van der Waals surface area contributed by atoms with Crippen LogP contribution in [0.1, 0.15) is 18.1 Å². The number of nitrogens with zero attached hydrogens (tertiary/aromatic N) is 3. The van der Waals surface area contributed by atoms with Crippen LogP contribution < -0.4 is 4.90 Å². The molecule has 0 spiro atoms. The van der Waals surface area contributed by atoms with E-state index in [1.165, 1.54) is 16.1 Å². The third-order valence-corrected chi connectivity index (χ3v) is 7.67. The zero-order valence-electron chi connectivity index (χ0n) is 18.3. The number of anilines is 1. The maximum Gasteiger partial charge on any atom is 0.270 e. The smallest absolute Gasteiger partial charge is 0.270 e. The average molecular weight is 443 g/mol. The Hall–Kier alpha value is -3.38. The van der Waals surface area contributed by atoms with Gasteiger partial charge in [-0.15, -0.1) is 0 Å². The molecule has 3 aromatic rings. The van der Waals surface area contributed by atoms with Crippen molar-refractivity contribution < 1.29 is 9.50 Å². The predicted molar refractivity (Wildman–Crippen MR) is 130 cm³/mol. The van der Waals surface area contributed by atoms with E-state index in [2.05, 4.69) is 73.0 Å². The highest BCUT2D eigenvalue weighted by Crippen LogP contribution is 2.48. The highest BCUT2D eigenvalue weighted by Gasteiger charge is 2.48. The van der Waals surface area contributed by atoms with Gasteiger partial charge in [-0.25, -0.2) is 0 Å². The Morgan fingerprint density at radius 2 is 1.81 bits per heavy atom. The Kier molecular flexibility index (Phi) is 4.90. The molecule has 0 radical (unpaired) electrons. The first-order chi connectivity index (χ1) is 15.4. The molecule has 1 atom stereocenters. The summed E-state index contributed by atoms with van der Waals surface area (Å²) in [4.78, 5) is 14.7. The van der Waals surface area contributed by atoms with Crippen LogP contribution in [0.3, 0.4) is 0 Å². The molecule has 32 heavy (non-hydrogen) atoms. The molecule has 0 saturated heterocycles. The van der Waals surface area contributed by atoms with E-state index in [-0.39, 0.29) is 10.6 Å². The van der Waals surface area contributed by atoms with Gasteiger partial charge in [0.2, 0.25) is 5.69 Å². The zero-order chi connectivity index (χ0) is 22.5. The molecule has 0 bridgehead atoms. The minimum absolute atomic E-state index is 0.130. The number of fused-ring (bicyclic) bond motifs is 2. The Labute approximate surface area is 191 Å². The van der Waals surface area contributed by atoms with Crippen molar-refractivity contribution in [3.8, 4) is 0 Å². The third kappa shape index (κ3) is 3.22. The topological polar surface area (TPSA) is 49.4 Å². The van der Waals surface area contributed by atoms with Crippen molar-refractivity contribution in [2.45, 2.75) is 23.7 Å². The summed E-state index contributed by atoms with van der Waals surface area (Å²) in [6.07, 6.45) is 3.01. The van der Waals surface area contributed by atoms with Crippen LogP contribution in [0.5, 0.6) is 0 Å². The fourth-order valence-corrected chi connectivity index (χ4v) is 5.91. The van der Waals surface area contributed by atoms with Crippen molar-refractivity contribution in [2.75, 3.05) is 19.0 Å². The van der Waals surface area contributed by atoms with Gasteiger partial charge in [0.15, 0.2) is 5.71 Å². The van der Waals surface area contributed by atoms with Gasteiger partial charge in [-0.2, -0.15) is 4.58 Å². The van der Waals surface area contributed by atoms with Crippen molar-refractivity contribution >= 4 is 34.5 Å². The monoisotopic (exact) mass is 442 g/mol. The van der Waals surface area contributed by atoms with Gasteiger partial charge >= 0.3 is 0 Å². The minimum Gasteiger partial charge on any atom is -0.338 e. The highest BCUT2D eigenvalue weighted by atomic mass is 32.2. The number of non-ortho nitro benzene ring substituents is 1. The van der Waals surface area contributed by atoms with Crippen LogP contribution in [0.25, 0.3) is 0 Å². The van der Waals surface area contributed by atoms with Crippen LogP contribution in [0.15, 0.2) is 88.8 Å². The Morgan fingerprint density at radius 1 is 1.09 bits per heavy atom. The first-order valence-electron chi connectivity index (χ1n) is 10.5. The van der Waals surface area contributed by atoms with Crippen molar-refractivity contribution in [1.82, 2.24) is 0 Å². The summed E-state index contributed by atoms with van der Waals surface area (Å²) in [5.41, 5.74) is 5.28. The lowest BCUT2D eigenvalue weighted by atomic mass is 9.74. The van der Waals surface area contributed by atoms with E-state index in [9.17, 15) is 10.1 Å². The lowest BCUT2D eigenvalue weighted by Crippen LogP contribution is -2.34. The molecule has 0 N–H and O–H groups in total. The van der Waals surface area contributed by atoms with E-state index < -0.39 is 5.41 Å². The van der Waals surface area contributed by atoms with Crippen LogP contribution in [0.2, 0.25) is 0 Å².